The van der Waals surface area contributed by atoms with Gasteiger partial charge in [-0.3, -0.25) is 4.79 Å². The Bertz CT molecular complexity index is 550. The maximum absolute atomic E-state index is 11.8. The van der Waals surface area contributed by atoms with Crippen molar-refractivity contribution in [1.82, 2.24) is 4.98 Å². The Hall–Kier alpha value is -1.30. The molecule has 3 N–H and O–H groups in total. The van der Waals surface area contributed by atoms with E-state index in [0.29, 0.717) is 20.9 Å². The Labute approximate surface area is 111 Å². The number of amides is 1. The first-order valence-electron chi connectivity index (χ1n) is 4.54. The Morgan fingerprint density at radius 2 is 2.00 bits per heavy atom. The van der Waals surface area contributed by atoms with E-state index in [-0.39, 0.29) is 5.69 Å². The molecule has 7 heteroatoms. The second-order valence-corrected chi connectivity index (χ2v) is 4.83. The standard InChI is InChI=1S/C10H7Cl2N3OS/c11-5-2-1-3-6(12)8(5)15-9(16)7-4-17-10(13)14-7/h1-4H,(H2,13,14)(H,15,16). The highest BCUT2D eigenvalue weighted by Crippen LogP contribution is 2.30. The average Bonchev–Trinajstić information content (AvgIpc) is 2.70. The molecule has 0 saturated heterocycles. The van der Waals surface area contributed by atoms with E-state index in [1.54, 1.807) is 23.6 Å². The van der Waals surface area contributed by atoms with Gasteiger partial charge in [0.25, 0.3) is 5.91 Å². The number of nitrogen functional groups attached to an aromatic ring is 1. The van der Waals surface area contributed by atoms with Gasteiger partial charge >= 0.3 is 0 Å². The second kappa shape index (κ2) is 4.91. The first kappa shape index (κ1) is 12.2. The zero-order chi connectivity index (χ0) is 12.4. The third-order valence-electron chi connectivity index (χ3n) is 1.96. The summed E-state index contributed by atoms with van der Waals surface area (Å²) in [6.07, 6.45) is 0. The molecule has 1 amide bonds. The zero-order valence-electron chi connectivity index (χ0n) is 8.41. The number of anilines is 2. The van der Waals surface area contributed by atoms with E-state index in [4.69, 9.17) is 28.9 Å². The van der Waals surface area contributed by atoms with Crippen molar-refractivity contribution in [2.24, 2.45) is 0 Å². The van der Waals surface area contributed by atoms with Crippen molar-refractivity contribution in [2.75, 3.05) is 11.1 Å². The molecule has 2 rings (SSSR count). The van der Waals surface area contributed by atoms with E-state index in [2.05, 4.69) is 10.3 Å². The van der Waals surface area contributed by atoms with Crippen LogP contribution >= 0.6 is 34.5 Å². The molecule has 0 radical (unpaired) electrons. The van der Waals surface area contributed by atoms with Crippen molar-refractivity contribution in [3.63, 3.8) is 0 Å². The predicted molar refractivity (Wildman–Crippen MR) is 70.9 cm³/mol. The lowest BCUT2D eigenvalue weighted by Crippen LogP contribution is -2.13. The molecule has 0 unspecified atom stereocenters. The maximum Gasteiger partial charge on any atom is 0.275 e. The van der Waals surface area contributed by atoms with E-state index in [0.717, 1.165) is 0 Å². The lowest BCUT2D eigenvalue weighted by Gasteiger charge is -2.07. The summed E-state index contributed by atoms with van der Waals surface area (Å²) in [6, 6.07) is 4.97. The lowest BCUT2D eigenvalue weighted by molar-refractivity contribution is 0.102. The summed E-state index contributed by atoms with van der Waals surface area (Å²) >= 11 is 13.0. The van der Waals surface area contributed by atoms with Crippen molar-refractivity contribution < 1.29 is 4.79 Å². The molecule has 0 aliphatic carbocycles. The summed E-state index contributed by atoms with van der Waals surface area (Å²) in [4.78, 5) is 15.7. The third-order valence-corrected chi connectivity index (χ3v) is 3.26. The molecule has 1 heterocycles. The molecular weight excluding hydrogens is 281 g/mol. The van der Waals surface area contributed by atoms with Gasteiger partial charge in [-0.25, -0.2) is 4.98 Å². The van der Waals surface area contributed by atoms with Crippen LogP contribution in [0.1, 0.15) is 10.5 Å². The Kier molecular flexibility index (Phi) is 3.51. The minimum atomic E-state index is -0.395. The minimum absolute atomic E-state index is 0.239. The highest BCUT2D eigenvalue weighted by Gasteiger charge is 2.13. The van der Waals surface area contributed by atoms with E-state index in [1.807, 2.05) is 0 Å². The number of para-hydroxylation sites is 1. The van der Waals surface area contributed by atoms with Crippen LogP contribution in [0.2, 0.25) is 10.0 Å². The predicted octanol–water partition coefficient (Wildman–Crippen LogP) is 3.28. The molecule has 0 bridgehead atoms. The summed E-state index contributed by atoms with van der Waals surface area (Å²) in [5, 5.41) is 5.23. The van der Waals surface area contributed by atoms with Gasteiger partial charge in [-0.05, 0) is 12.1 Å². The molecule has 0 spiro atoms. The molecule has 4 nitrogen and oxygen atoms in total. The zero-order valence-corrected chi connectivity index (χ0v) is 10.7. The molecule has 0 fully saturated rings. The number of nitrogens with one attached hydrogen (secondary N) is 1. The van der Waals surface area contributed by atoms with E-state index in [1.165, 1.54) is 11.3 Å². The number of aromatic nitrogens is 1. The van der Waals surface area contributed by atoms with E-state index < -0.39 is 5.91 Å². The molecule has 1 aromatic heterocycles. The van der Waals surface area contributed by atoms with Gasteiger partial charge in [0.15, 0.2) is 5.13 Å². The number of nitrogens with two attached hydrogens (primary N) is 1. The van der Waals surface area contributed by atoms with Crippen LogP contribution in [-0.2, 0) is 0 Å². The number of hydrogen-bond donors (Lipinski definition) is 2. The summed E-state index contributed by atoms with van der Waals surface area (Å²) < 4.78 is 0. The molecule has 88 valence electrons. The molecule has 17 heavy (non-hydrogen) atoms. The molecule has 0 saturated carbocycles. The first-order chi connectivity index (χ1) is 8.08. The van der Waals surface area contributed by atoms with Gasteiger partial charge in [-0.2, -0.15) is 0 Å². The van der Waals surface area contributed by atoms with Crippen LogP contribution in [0.25, 0.3) is 0 Å². The first-order valence-corrected chi connectivity index (χ1v) is 6.18. The van der Waals surface area contributed by atoms with Gasteiger partial charge in [-0.1, -0.05) is 29.3 Å². The second-order valence-electron chi connectivity index (χ2n) is 3.12. The smallest absolute Gasteiger partial charge is 0.275 e. The number of hydrogen-bond acceptors (Lipinski definition) is 4. The fraction of sp³-hybridized carbons (Fsp3) is 0. The largest absolute Gasteiger partial charge is 0.375 e. The fourth-order valence-electron chi connectivity index (χ4n) is 1.19. The SMILES string of the molecule is Nc1nc(C(=O)Nc2c(Cl)cccc2Cl)cs1. The van der Waals surface area contributed by atoms with E-state index in [9.17, 15) is 4.79 Å². The Morgan fingerprint density at radius 1 is 1.35 bits per heavy atom. The number of carbonyl (C=O) groups is 1. The summed E-state index contributed by atoms with van der Waals surface area (Å²) in [5.74, 6) is -0.395. The topological polar surface area (TPSA) is 68.0 Å². The van der Waals surface area contributed by atoms with Crippen LogP contribution in [0.3, 0.4) is 0 Å². The maximum atomic E-state index is 11.8. The van der Waals surface area contributed by atoms with Gasteiger partial charge in [-0.15, -0.1) is 11.3 Å². The van der Waals surface area contributed by atoms with Gasteiger partial charge in [0.1, 0.15) is 5.69 Å². The summed E-state index contributed by atoms with van der Waals surface area (Å²) in [7, 11) is 0. The van der Waals surface area contributed by atoms with Gasteiger partial charge < -0.3 is 11.1 Å². The molecular formula is C10H7Cl2N3OS. The van der Waals surface area contributed by atoms with Crippen molar-refractivity contribution in [1.29, 1.82) is 0 Å². The van der Waals surface area contributed by atoms with Crippen molar-refractivity contribution >= 4 is 51.3 Å². The van der Waals surface area contributed by atoms with E-state index >= 15 is 0 Å². The van der Waals surface area contributed by atoms with Gasteiger partial charge in [0, 0.05) is 5.38 Å². The number of halogens is 2. The van der Waals surface area contributed by atoms with Crippen molar-refractivity contribution in [3.8, 4) is 0 Å². The number of carbonyl (C=O) groups excluding carboxylic acids is 1. The van der Waals surface area contributed by atoms with Gasteiger partial charge in [0.05, 0.1) is 15.7 Å². The molecule has 0 aliphatic heterocycles. The average molecular weight is 288 g/mol. The number of rotatable bonds is 2. The molecule has 0 atom stereocenters. The Balaban J connectivity index is 2.24. The number of benzene rings is 1. The number of nitrogens with zero attached hydrogens (tertiary/aromatic N) is 1. The van der Waals surface area contributed by atoms with Crippen LogP contribution in [0.4, 0.5) is 10.8 Å². The van der Waals surface area contributed by atoms with Crippen LogP contribution in [0.15, 0.2) is 23.6 Å². The van der Waals surface area contributed by atoms with Crippen molar-refractivity contribution in [2.45, 2.75) is 0 Å². The molecule has 2 aromatic rings. The van der Waals surface area contributed by atoms with Crippen molar-refractivity contribution in [3.05, 3.63) is 39.3 Å². The van der Waals surface area contributed by atoms with Crippen LogP contribution < -0.4 is 11.1 Å². The third kappa shape index (κ3) is 2.69. The fourth-order valence-corrected chi connectivity index (χ4v) is 2.22. The van der Waals surface area contributed by atoms with Crippen LogP contribution in [-0.4, -0.2) is 10.9 Å². The highest BCUT2D eigenvalue weighted by molar-refractivity contribution is 7.13. The van der Waals surface area contributed by atoms with Gasteiger partial charge in [0.2, 0.25) is 0 Å². The number of thiazole rings is 1. The van der Waals surface area contributed by atoms with Crippen LogP contribution in [0, 0.1) is 0 Å². The molecule has 1 aromatic carbocycles. The highest BCUT2D eigenvalue weighted by atomic mass is 35.5. The Morgan fingerprint density at radius 3 is 2.53 bits per heavy atom. The summed E-state index contributed by atoms with van der Waals surface area (Å²) in [5.41, 5.74) is 6.05. The lowest BCUT2D eigenvalue weighted by atomic mass is 10.3. The molecule has 0 aliphatic rings. The quantitative estimate of drug-likeness (QED) is 0.891. The minimum Gasteiger partial charge on any atom is -0.375 e. The monoisotopic (exact) mass is 287 g/mol. The van der Waals surface area contributed by atoms with Crippen LogP contribution in [0.5, 0.6) is 0 Å². The summed E-state index contributed by atoms with van der Waals surface area (Å²) in [6.45, 7) is 0. The normalized spacial score (nSPS) is 10.2.